The Morgan fingerprint density at radius 3 is 2.36 bits per heavy atom. The summed E-state index contributed by atoms with van der Waals surface area (Å²) in [6.45, 7) is 5.81. The van der Waals surface area contributed by atoms with Gasteiger partial charge in [-0.25, -0.2) is 5.43 Å². The quantitative estimate of drug-likeness (QED) is 0.593. The van der Waals surface area contributed by atoms with Crippen LogP contribution in [0.2, 0.25) is 0 Å². The van der Waals surface area contributed by atoms with Gasteiger partial charge in [-0.1, -0.05) is 26.0 Å². The molecule has 0 saturated heterocycles. The molecule has 0 fully saturated rings. The van der Waals surface area contributed by atoms with Gasteiger partial charge in [0.2, 0.25) is 5.91 Å². The number of benzene rings is 1. The van der Waals surface area contributed by atoms with Gasteiger partial charge in [-0.3, -0.25) is 9.59 Å². The summed E-state index contributed by atoms with van der Waals surface area (Å²) in [5.74, 6) is -0.136. The molecule has 2 aromatic rings. The third-order valence-electron chi connectivity index (χ3n) is 4.00. The Labute approximate surface area is 147 Å². The zero-order valence-electron chi connectivity index (χ0n) is 14.7. The van der Waals surface area contributed by atoms with Crippen LogP contribution in [0.1, 0.15) is 49.7 Å². The molecule has 6 nitrogen and oxygen atoms in total. The van der Waals surface area contributed by atoms with Gasteiger partial charge in [-0.2, -0.15) is 5.10 Å². The largest absolute Gasteiger partial charge is 0.459 e. The third kappa shape index (κ3) is 5.04. The van der Waals surface area contributed by atoms with Crippen molar-refractivity contribution >= 4 is 23.2 Å². The first-order chi connectivity index (χ1) is 12.0. The molecule has 2 N–H and O–H groups in total. The van der Waals surface area contributed by atoms with Crippen molar-refractivity contribution in [3.8, 4) is 0 Å². The van der Waals surface area contributed by atoms with E-state index in [1.165, 1.54) is 6.26 Å². The summed E-state index contributed by atoms with van der Waals surface area (Å²) in [4.78, 5) is 23.9. The zero-order valence-corrected chi connectivity index (χ0v) is 14.7. The highest BCUT2D eigenvalue weighted by atomic mass is 16.3. The highest BCUT2D eigenvalue weighted by Crippen LogP contribution is 2.14. The number of nitrogens with zero attached hydrogens (tertiary/aromatic N) is 1. The molecule has 0 atom stereocenters. The van der Waals surface area contributed by atoms with E-state index in [1.807, 2.05) is 38.1 Å². The molecule has 1 heterocycles. The summed E-state index contributed by atoms with van der Waals surface area (Å²) < 4.78 is 5.00. The molecule has 2 amide bonds. The lowest BCUT2D eigenvalue weighted by atomic mass is 10.0. The predicted octanol–water partition coefficient (Wildman–Crippen LogP) is 3.81. The first-order valence-electron chi connectivity index (χ1n) is 8.34. The van der Waals surface area contributed by atoms with Crippen molar-refractivity contribution in [1.29, 1.82) is 0 Å². The third-order valence-corrected chi connectivity index (χ3v) is 4.00. The van der Waals surface area contributed by atoms with Crippen LogP contribution in [0.5, 0.6) is 0 Å². The van der Waals surface area contributed by atoms with E-state index >= 15 is 0 Å². The zero-order chi connectivity index (χ0) is 18.2. The Morgan fingerprint density at radius 2 is 1.80 bits per heavy atom. The van der Waals surface area contributed by atoms with Gasteiger partial charge in [0.05, 0.1) is 12.0 Å². The Kier molecular flexibility index (Phi) is 6.51. The number of hydrogen-bond acceptors (Lipinski definition) is 4. The lowest BCUT2D eigenvalue weighted by Crippen LogP contribution is -2.21. The van der Waals surface area contributed by atoms with Crippen molar-refractivity contribution in [1.82, 2.24) is 5.43 Å². The van der Waals surface area contributed by atoms with Crippen LogP contribution in [0.4, 0.5) is 5.69 Å². The highest BCUT2D eigenvalue weighted by Gasteiger charge is 2.14. The molecule has 1 aromatic heterocycles. The fraction of sp³-hybridized carbons (Fsp3) is 0.316. The number of hydrogen-bond donors (Lipinski definition) is 2. The van der Waals surface area contributed by atoms with Gasteiger partial charge in [0.1, 0.15) is 0 Å². The van der Waals surface area contributed by atoms with Crippen LogP contribution in [-0.4, -0.2) is 17.5 Å². The highest BCUT2D eigenvalue weighted by molar-refractivity contribution is 6.01. The van der Waals surface area contributed by atoms with Crippen LogP contribution in [0, 0.1) is 5.92 Å². The van der Waals surface area contributed by atoms with Gasteiger partial charge < -0.3 is 9.73 Å². The number of carbonyl (C=O) groups is 2. The van der Waals surface area contributed by atoms with Crippen molar-refractivity contribution in [2.24, 2.45) is 11.0 Å². The molecule has 0 aliphatic heterocycles. The minimum atomic E-state index is -0.404. The molecule has 0 spiro atoms. The summed E-state index contributed by atoms with van der Waals surface area (Å²) in [6.07, 6.45) is 3.07. The molecular formula is C19H23N3O3. The molecule has 132 valence electrons. The van der Waals surface area contributed by atoms with E-state index < -0.39 is 5.91 Å². The summed E-state index contributed by atoms with van der Waals surface area (Å²) >= 11 is 0. The van der Waals surface area contributed by atoms with Crippen LogP contribution in [0.15, 0.2) is 52.2 Å². The van der Waals surface area contributed by atoms with Gasteiger partial charge in [0, 0.05) is 11.6 Å². The average Bonchev–Trinajstić information content (AvgIpc) is 3.16. The van der Waals surface area contributed by atoms with E-state index in [9.17, 15) is 9.59 Å². The van der Waals surface area contributed by atoms with E-state index in [4.69, 9.17) is 4.42 Å². The molecule has 0 aliphatic carbocycles. The smallest absolute Gasteiger partial charge is 0.307 e. The minimum Gasteiger partial charge on any atom is -0.459 e. The van der Waals surface area contributed by atoms with Gasteiger partial charge in [-0.05, 0) is 49.6 Å². The molecule has 0 unspecified atom stereocenters. The average molecular weight is 341 g/mol. The van der Waals surface area contributed by atoms with E-state index in [-0.39, 0.29) is 17.6 Å². The molecule has 6 heteroatoms. The molecule has 2 rings (SSSR count). The van der Waals surface area contributed by atoms with E-state index in [0.717, 1.165) is 24.1 Å². The topological polar surface area (TPSA) is 83.7 Å². The summed E-state index contributed by atoms with van der Waals surface area (Å²) in [6, 6.07) is 10.5. The maximum Gasteiger partial charge on any atom is 0.307 e. The molecule has 25 heavy (non-hydrogen) atoms. The number of carbonyl (C=O) groups excluding carboxylic acids is 2. The van der Waals surface area contributed by atoms with Gasteiger partial charge in [0.25, 0.3) is 0 Å². The molecule has 0 saturated carbocycles. The lowest BCUT2D eigenvalue weighted by molar-refractivity contribution is -0.120. The van der Waals surface area contributed by atoms with Crippen molar-refractivity contribution in [3.05, 3.63) is 54.0 Å². The Hall–Kier alpha value is -2.89. The lowest BCUT2D eigenvalue weighted by Gasteiger charge is -2.13. The molecule has 0 aliphatic rings. The second kappa shape index (κ2) is 8.82. The predicted molar refractivity (Wildman–Crippen MR) is 97.5 cm³/mol. The molecule has 0 bridgehead atoms. The Morgan fingerprint density at radius 1 is 1.12 bits per heavy atom. The van der Waals surface area contributed by atoms with Crippen molar-refractivity contribution in [3.63, 3.8) is 0 Å². The van der Waals surface area contributed by atoms with E-state index in [0.29, 0.717) is 5.71 Å². The number of furan rings is 1. The Balaban J connectivity index is 1.97. The minimum absolute atomic E-state index is 0.0276. The van der Waals surface area contributed by atoms with Crippen molar-refractivity contribution in [2.75, 3.05) is 5.32 Å². The molecule has 1 aromatic carbocycles. The van der Waals surface area contributed by atoms with Crippen LogP contribution in [0.25, 0.3) is 0 Å². The monoisotopic (exact) mass is 341 g/mol. The van der Waals surface area contributed by atoms with Crippen molar-refractivity contribution in [2.45, 2.75) is 33.6 Å². The van der Waals surface area contributed by atoms with E-state index in [1.54, 1.807) is 19.1 Å². The number of amides is 2. The molecular weight excluding hydrogens is 318 g/mol. The summed E-state index contributed by atoms with van der Waals surface area (Å²) in [7, 11) is 0. The normalized spacial score (nSPS) is 11.4. The maximum absolute atomic E-state index is 12.1. The van der Waals surface area contributed by atoms with Gasteiger partial charge >= 0.3 is 5.91 Å². The van der Waals surface area contributed by atoms with E-state index in [2.05, 4.69) is 15.8 Å². The number of rotatable bonds is 7. The SMILES string of the molecule is CCC(CC)C(=O)Nc1ccc(/C(C)=N/NC(=O)c2ccco2)cc1. The second-order valence-electron chi connectivity index (χ2n) is 5.70. The van der Waals surface area contributed by atoms with Crippen LogP contribution < -0.4 is 10.7 Å². The second-order valence-corrected chi connectivity index (χ2v) is 5.70. The first-order valence-corrected chi connectivity index (χ1v) is 8.34. The number of hydrazone groups is 1. The fourth-order valence-corrected chi connectivity index (χ4v) is 2.36. The number of nitrogens with one attached hydrogen (secondary N) is 2. The maximum atomic E-state index is 12.1. The summed E-state index contributed by atoms with van der Waals surface area (Å²) in [5, 5.41) is 6.98. The van der Waals surface area contributed by atoms with Crippen LogP contribution >= 0.6 is 0 Å². The van der Waals surface area contributed by atoms with Gasteiger partial charge in [0.15, 0.2) is 5.76 Å². The van der Waals surface area contributed by atoms with Crippen molar-refractivity contribution < 1.29 is 14.0 Å². The van der Waals surface area contributed by atoms with Crippen LogP contribution in [-0.2, 0) is 4.79 Å². The Bertz CT molecular complexity index is 730. The van der Waals surface area contributed by atoms with Gasteiger partial charge in [-0.15, -0.1) is 0 Å². The summed E-state index contributed by atoms with van der Waals surface area (Å²) in [5.41, 5.74) is 4.69. The fourth-order valence-electron chi connectivity index (χ4n) is 2.36. The molecule has 0 radical (unpaired) electrons. The number of anilines is 1. The standard InChI is InChI=1S/C19H23N3O3/c1-4-14(5-2)18(23)20-16-10-8-15(9-11-16)13(3)21-22-19(24)17-7-6-12-25-17/h6-12,14H,4-5H2,1-3H3,(H,20,23)(H,22,24)/b21-13+. The van der Waals surface area contributed by atoms with Crippen LogP contribution in [0.3, 0.4) is 0 Å². The first kappa shape index (κ1) is 18.4.